The highest BCUT2D eigenvalue weighted by atomic mass is 32.2. The fraction of sp³-hybridized carbons (Fsp3) is 0.636. The lowest BCUT2D eigenvalue weighted by molar-refractivity contribution is 0.0935. The number of carbonyl (C=O) groups excluding carboxylic acids is 1. The van der Waals surface area contributed by atoms with Gasteiger partial charge < -0.3 is 5.32 Å². The second-order valence-electron chi connectivity index (χ2n) is 4.54. The highest BCUT2D eigenvalue weighted by molar-refractivity contribution is 7.91. The van der Waals surface area contributed by atoms with Crippen molar-refractivity contribution in [1.82, 2.24) is 15.1 Å². The standard InChI is InChI=1S/C11H17N3O3S/c1-2-5-14-6-3-10(13-14)11(15)12-9-4-7-18(16,17)8-9/h3,6,9H,2,4-5,7-8H2,1H3,(H,12,15)/t9-/m0/s1. The number of sulfone groups is 1. The Hall–Kier alpha value is -1.37. The van der Waals surface area contributed by atoms with Crippen LogP contribution in [-0.2, 0) is 16.4 Å². The third kappa shape index (κ3) is 3.10. The molecule has 0 unspecified atom stereocenters. The van der Waals surface area contributed by atoms with E-state index in [-0.39, 0.29) is 23.5 Å². The monoisotopic (exact) mass is 271 g/mol. The molecule has 1 aromatic rings. The second-order valence-corrected chi connectivity index (χ2v) is 6.77. The molecule has 6 nitrogen and oxygen atoms in total. The van der Waals surface area contributed by atoms with Crippen molar-refractivity contribution in [3.8, 4) is 0 Å². The highest BCUT2D eigenvalue weighted by Gasteiger charge is 2.29. The Kier molecular flexibility index (Phi) is 3.70. The van der Waals surface area contributed by atoms with Crippen LogP contribution in [0.3, 0.4) is 0 Å². The lowest BCUT2D eigenvalue weighted by Gasteiger charge is -2.08. The summed E-state index contributed by atoms with van der Waals surface area (Å²) in [6.07, 6.45) is 3.19. The van der Waals surface area contributed by atoms with Crippen LogP contribution in [0.5, 0.6) is 0 Å². The first-order valence-corrected chi connectivity index (χ1v) is 7.87. The van der Waals surface area contributed by atoms with Gasteiger partial charge in [0.1, 0.15) is 5.69 Å². The lowest BCUT2D eigenvalue weighted by Crippen LogP contribution is -2.35. The zero-order valence-corrected chi connectivity index (χ0v) is 11.1. The van der Waals surface area contributed by atoms with Gasteiger partial charge in [-0.15, -0.1) is 0 Å². The number of aryl methyl sites for hydroxylation is 1. The van der Waals surface area contributed by atoms with Crippen LogP contribution in [0.1, 0.15) is 30.3 Å². The summed E-state index contributed by atoms with van der Waals surface area (Å²) in [6.45, 7) is 2.80. The van der Waals surface area contributed by atoms with E-state index in [2.05, 4.69) is 10.4 Å². The Bertz CT molecular complexity index is 535. The van der Waals surface area contributed by atoms with Crippen LogP contribution >= 0.6 is 0 Å². The maximum atomic E-state index is 11.8. The number of rotatable bonds is 4. The first kappa shape index (κ1) is 13.1. The summed E-state index contributed by atoms with van der Waals surface area (Å²) in [5, 5.41) is 6.85. The summed E-state index contributed by atoms with van der Waals surface area (Å²) in [7, 11) is -2.97. The van der Waals surface area contributed by atoms with E-state index in [0.717, 1.165) is 13.0 Å². The molecule has 0 spiro atoms. The molecule has 1 aromatic heterocycles. The molecule has 1 amide bonds. The zero-order valence-electron chi connectivity index (χ0n) is 10.3. The SMILES string of the molecule is CCCn1ccc(C(=O)N[C@H]2CCS(=O)(=O)C2)n1. The third-order valence-corrected chi connectivity index (χ3v) is 4.66. The van der Waals surface area contributed by atoms with E-state index in [1.165, 1.54) is 0 Å². The summed E-state index contributed by atoms with van der Waals surface area (Å²) in [5.74, 6) is -0.108. The predicted molar refractivity (Wildman–Crippen MR) is 67.0 cm³/mol. The number of nitrogens with one attached hydrogen (secondary N) is 1. The van der Waals surface area contributed by atoms with Gasteiger partial charge in [0.25, 0.3) is 5.91 Å². The summed E-state index contributed by atoms with van der Waals surface area (Å²) >= 11 is 0. The molecular formula is C11H17N3O3S. The van der Waals surface area contributed by atoms with Gasteiger partial charge in [-0.05, 0) is 18.9 Å². The number of amides is 1. The van der Waals surface area contributed by atoms with Crippen LogP contribution in [0.2, 0.25) is 0 Å². The van der Waals surface area contributed by atoms with Crippen molar-refractivity contribution < 1.29 is 13.2 Å². The predicted octanol–water partition coefficient (Wildman–Crippen LogP) is 0.210. The second kappa shape index (κ2) is 5.09. The first-order chi connectivity index (χ1) is 8.50. The Morgan fingerprint density at radius 3 is 3.00 bits per heavy atom. The largest absolute Gasteiger partial charge is 0.347 e. The number of hydrogen-bond acceptors (Lipinski definition) is 4. The minimum absolute atomic E-state index is 0.0361. The number of aromatic nitrogens is 2. The minimum atomic E-state index is -2.97. The van der Waals surface area contributed by atoms with E-state index >= 15 is 0 Å². The topological polar surface area (TPSA) is 81.1 Å². The quantitative estimate of drug-likeness (QED) is 0.849. The first-order valence-electron chi connectivity index (χ1n) is 6.05. The van der Waals surface area contributed by atoms with Crippen molar-refractivity contribution >= 4 is 15.7 Å². The van der Waals surface area contributed by atoms with Crippen LogP contribution in [0.4, 0.5) is 0 Å². The van der Waals surface area contributed by atoms with Gasteiger partial charge in [-0.1, -0.05) is 6.92 Å². The maximum Gasteiger partial charge on any atom is 0.272 e. The molecule has 1 N–H and O–H groups in total. The van der Waals surface area contributed by atoms with Crippen molar-refractivity contribution in [2.24, 2.45) is 0 Å². The smallest absolute Gasteiger partial charge is 0.272 e. The van der Waals surface area contributed by atoms with Gasteiger partial charge >= 0.3 is 0 Å². The molecule has 2 rings (SSSR count). The van der Waals surface area contributed by atoms with Crippen LogP contribution in [0.25, 0.3) is 0 Å². The number of nitrogens with zero attached hydrogens (tertiary/aromatic N) is 2. The van der Waals surface area contributed by atoms with Gasteiger partial charge in [-0.3, -0.25) is 9.48 Å². The van der Waals surface area contributed by atoms with Crippen molar-refractivity contribution in [2.75, 3.05) is 11.5 Å². The molecule has 18 heavy (non-hydrogen) atoms. The normalized spacial score (nSPS) is 21.9. The van der Waals surface area contributed by atoms with E-state index in [4.69, 9.17) is 0 Å². The Labute approximate surface area is 106 Å². The van der Waals surface area contributed by atoms with Gasteiger partial charge in [0.2, 0.25) is 0 Å². The van der Waals surface area contributed by atoms with E-state index in [0.29, 0.717) is 12.1 Å². The van der Waals surface area contributed by atoms with Gasteiger partial charge in [0.05, 0.1) is 11.5 Å². The zero-order chi connectivity index (χ0) is 13.2. The molecular weight excluding hydrogens is 254 g/mol. The van der Waals surface area contributed by atoms with Crippen molar-refractivity contribution in [3.05, 3.63) is 18.0 Å². The van der Waals surface area contributed by atoms with Crippen LogP contribution in [0, 0.1) is 0 Å². The molecule has 0 aromatic carbocycles. The van der Waals surface area contributed by atoms with Crippen molar-refractivity contribution in [1.29, 1.82) is 0 Å². The molecule has 0 saturated carbocycles. The van der Waals surface area contributed by atoms with Crippen LogP contribution in [0.15, 0.2) is 12.3 Å². The average Bonchev–Trinajstić information content (AvgIpc) is 2.86. The third-order valence-electron chi connectivity index (χ3n) is 2.89. The fourth-order valence-electron chi connectivity index (χ4n) is 2.00. The number of carbonyl (C=O) groups is 1. The molecule has 1 aliphatic heterocycles. The summed E-state index contributed by atoms with van der Waals surface area (Å²) in [6, 6.07) is 1.37. The lowest BCUT2D eigenvalue weighted by atomic mass is 10.2. The molecule has 7 heteroatoms. The van der Waals surface area contributed by atoms with Crippen molar-refractivity contribution in [2.45, 2.75) is 32.4 Å². The molecule has 1 saturated heterocycles. The van der Waals surface area contributed by atoms with Gasteiger partial charge in [-0.25, -0.2) is 8.42 Å². The fourth-order valence-corrected chi connectivity index (χ4v) is 3.68. The Morgan fingerprint density at radius 2 is 2.39 bits per heavy atom. The van der Waals surface area contributed by atoms with Crippen LogP contribution in [-0.4, -0.2) is 41.7 Å². The molecule has 0 aliphatic carbocycles. The Balaban J connectivity index is 1.95. The van der Waals surface area contributed by atoms with E-state index in [1.807, 2.05) is 6.92 Å². The maximum absolute atomic E-state index is 11.8. The average molecular weight is 271 g/mol. The molecule has 1 atom stereocenters. The summed E-state index contributed by atoms with van der Waals surface area (Å²) in [5.41, 5.74) is 0.341. The molecule has 0 radical (unpaired) electrons. The number of hydrogen-bond donors (Lipinski definition) is 1. The summed E-state index contributed by atoms with van der Waals surface area (Å²) in [4.78, 5) is 11.8. The molecule has 1 fully saturated rings. The summed E-state index contributed by atoms with van der Waals surface area (Å²) < 4.78 is 24.3. The van der Waals surface area contributed by atoms with Crippen LogP contribution < -0.4 is 5.32 Å². The minimum Gasteiger partial charge on any atom is -0.347 e. The van der Waals surface area contributed by atoms with Gasteiger partial charge in [-0.2, -0.15) is 5.10 Å². The van der Waals surface area contributed by atoms with E-state index < -0.39 is 9.84 Å². The van der Waals surface area contributed by atoms with E-state index in [9.17, 15) is 13.2 Å². The molecule has 0 bridgehead atoms. The van der Waals surface area contributed by atoms with Gasteiger partial charge in [0, 0.05) is 18.8 Å². The van der Waals surface area contributed by atoms with E-state index in [1.54, 1.807) is 16.9 Å². The van der Waals surface area contributed by atoms with Gasteiger partial charge in [0.15, 0.2) is 9.84 Å². The highest BCUT2D eigenvalue weighted by Crippen LogP contribution is 2.11. The van der Waals surface area contributed by atoms with Crippen molar-refractivity contribution in [3.63, 3.8) is 0 Å². The molecule has 1 aliphatic rings. The Morgan fingerprint density at radius 1 is 1.61 bits per heavy atom. The molecule has 100 valence electrons. The molecule has 2 heterocycles.